The molecule has 2 aromatic carbocycles. The monoisotopic (exact) mass is 513 g/mol. The van der Waals surface area contributed by atoms with Crippen molar-refractivity contribution in [2.45, 2.75) is 24.8 Å². The fourth-order valence-corrected chi connectivity index (χ4v) is 3.77. The standard InChI is InChI=1S/C21H13F6N5O4/c1-10-5-7-12(8-6-10)31-16-14(17(33)29-18(31)34)19(20(22,23)24,21(25,26)27)30-15(28-16)11-3-2-4-13(9-11)32(35)36/h2-9H,1H3,(H,28,30)(H,29,33,34). The summed E-state index contributed by atoms with van der Waals surface area (Å²) in [6, 6.07) is 9.07. The van der Waals surface area contributed by atoms with Crippen LogP contribution in [0.1, 0.15) is 16.7 Å². The third kappa shape index (κ3) is 3.72. The molecule has 0 atom stereocenters. The van der Waals surface area contributed by atoms with Gasteiger partial charge in [-0.25, -0.2) is 14.4 Å². The molecule has 36 heavy (non-hydrogen) atoms. The van der Waals surface area contributed by atoms with Crippen molar-refractivity contribution >= 4 is 17.3 Å². The molecule has 9 nitrogen and oxygen atoms in total. The van der Waals surface area contributed by atoms with E-state index in [9.17, 15) is 46.0 Å². The summed E-state index contributed by atoms with van der Waals surface area (Å²) in [5.41, 5.74) is -11.0. The maximum Gasteiger partial charge on any atom is 0.427 e. The average molecular weight is 513 g/mol. The Bertz CT molecular complexity index is 1510. The van der Waals surface area contributed by atoms with Crippen LogP contribution < -0.4 is 16.6 Å². The molecule has 0 radical (unpaired) electrons. The Kier molecular flexibility index (Phi) is 5.53. The maximum atomic E-state index is 14.3. The summed E-state index contributed by atoms with van der Waals surface area (Å²) in [6.45, 7) is 1.65. The molecule has 0 unspecified atom stereocenters. The molecular formula is C21H13F6N5O4. The highest BCUT2D eigenvalue weighted by atomic mass is 19.4. The molecular weight excluding hydrogens is 500 g/mol. The number of hydrogen-bond acceptors (Lipinski definition) is 6. The van der Waals surface area contributed by atoms with E-state index in [4.69, 9.17) is 0 Å². The van der Waals surface area contributed by atoms with E-state index in [-0.39, 0.29) is 5.69 Å². The Balaban J connectivity index is 2.16. The fourth-order valence-electron chi connectivity index (χ4n) is 3.77. The minimum Gasteiger partial charge on any atom is -0.325 e. The minimum atomic E-state index is -6.21. The molecule has 188 valence electrons. The van der Waals surface area contributed by atoms with Gasteiger partial charge in [0.1, 0.15) is 17.2 Å². The maximum absolute atomic E-state index is 14.3. The quantitative estimate of drug-likeness (QED) is 0.312. The van der Waals surface area contributed by atoms with Crippen LogP contribution in [-0.4, -0.2) is 32.7 Å². The van der Waals surface area contributed by atoms with Gasteiger partial charge in [0, 0.05) is 17.7 Å². The summed E-state index contributed by atoms with van der Waals surface area (Å²) < 4.78 is 86.4. The number of benzene rings is 2. The third-order valence-electron chi connectivity index (χ3n) is 5.43. The lowest BCUT2D eigenvalue weighted by molar-refractivity contribution is -0.384. The second-order valence-electron chi connectivity index (χ2n) is 7.75. The van der Waals surface area contributed by atoms with E-state index in [1.165, 1.54) is 29.2 Å². The predicted molar refractivity (Wildman–Crippen MR) is 114 cm³/mol. The lowest BCUT2D eigenvalue weighted by Crippen LogP contribution is -2.59. The number of amidine groups is 1. The number of halogens is 6. The third-order valence-corrected chi connectivity index (χ3v) is 5.43. The van der Waals surface area contributed by atoms with Gasteiger partial charge >= 0.3 is 18.0 Å². The molecule has 0 saturated carbocycles. The SMILES string of the molecule is Cc1ccc(-n2c3c(c(=O)[nH]c2=O)C(C(F)(F)F)(C(F)(F)F)N=C(c2cccc([N+](=O)[O-])c2)N3)cc1. The fraction of sp³-hybridized carbons (Fsp3) is 0.190. The molecule has 0 amide bonds. The first-order valence-corrected chi connectivity index (χ1v) is 9.89. The number of hydrogen-bond donors (Lipinski definition) is 2. The molecule has 3 aromatic rings. The Morgan fingerprint density at radius 1 is 1.00 bits per heavy atom. The van der Waals surface area contributed by atoms with Crippen molar-refractivity contribution in [3.63, 3.8) is 0 Å². The molecule has 4 rings (SSSR count). The Hall–Kier alpha value is -4.43. The van der Waals surface area contributed by atoms with Crippen LogP contribution >= 0.6 is 0 Å². The van der Waals surface area contributed by atoms with Crippen molar-refractivity contribution in [3.05, 3.63) is 96.2 Å². The largest absolute Gasteiger partial charge is 0.427 e. The molecule has 1 aliphatic rings. The van der Waals surface area contributed by atoms with E-state index in [1.54, 1.807) is 6.92 Å². The number of aryl methyl sites for hydroxylation is 1. The van der Waals surface area contributed by atoms with Gasteiger partial charge in [-0.05, 0) is 19.1 Å². The molecule has 0 fully saturated rings. The van der Waals surface area contributed by atoms with Gasteiger partial charge in [-0.3, -0.25) is 19.9 Å². The number of anilines is 1. The van der Waals surface area contributed by atoms with E-state index >= 15 is 0 Å². The number of rotatable bonds is 3. The zero-order chi connectivity index (χ0) is 26.6. The van der Waals surface area contributed by atoms with Gasteiger partial charge in [-0.1, -0.05) is 29.8 Å². The van der Waals surface area contributed by atoms with E-state index in [0.29, 0.717) is 16.2 Å². The Morgan fingerprint density at radius 2 is 1.61 bits per heavy atom. The number of non-ortho nitro benzene ring substituents is 1. The van der Waals surface area contributed by atoms with Crippen molar-refractivity contribution in [2.75, 3.05) is 5.32 Å². The minimum absolute atomic E-state index is 0.163. The topological polar surface area (TPSA) is 122 Å². The summed E-state index contributed by atoms with van der Waals surface area (Å²) in [6.07, 6.45) is -12.4. The predicted octanol–water partition coefficient (Wildman–Crippen LogP) is 3.93. The molecule has 1 aromatic heterocycles. The van der Waals surface area contributed by atoms with Gasteiger partial charge in [-0.2, -0.15) is 26.3 Å². The number of nitro groups is 1. The summed E-state index contributed by atoms with van der Waals surface area (Å²) in [5.74, 6) is -2.23. The van der Waals surface area contributed by atoms with Gasteiger partial charge in [0.25, 0.3) is 16.8 Å². The van der Waals surface area contributed by atoms with Crippen LogP contribution in [0.4, 0.5) is 37.8 Å². The van der Waals surface area contributed by atoms with E-state index in [2.05, 4.69) is 10.3 Å². The molecule has 2 N–H and O–H groups in total. The first kappa shape index (κ1) is 24.7. The first-order valence-electron chi connectivity index (χ1n) is 9.89. The van der Waals surface area contributed by atoms with Crippen molar-refractivity contribution in [2.24, 2.45) is 4.99 Å². The highest BCUT2D eigenvalue weighted by Gasteiger charge is 2.75. The zero-order valence-electron chi connectivity index (χ0n) is 17.9. The zero-order valence-corrected chi connectivity index (χ0v) is 17.9. The molecule has 0 spiro atoms. The second-order valence-corrected chi connectivity index (χ2v) is 7.75. The van der Waals surface area contributed by atoms with Crippen LogP contribution in [0.3, 0.4) is 0 Å². The van der Waals surface area contributed by atoms with E-state index in [0.717, 1.165) is 18.2 Å². The number of nitro benzene ring substituents is 1. The van der Waals surface area contributed by atoms with Gasteiger partial charge in [0.05, 0.1) is 10.6 Å². The number of nitrogens with zero attached hydrogens (tertiary/aromatic N) is 3. The van der Waals surface area contributed by atoms with Crippen LogP contribution in [0.2, 0.25) is 0 Å². The smallest absolute Gasteiger partial charge is 0.325 e. The van der Waals surface area contributed by atoms with Crippen LogP contribution in [-0.2, 0) is 5.54 Å². The molecule has 15 heteroatoms. The number of alkyl halides is 6. The van der Waals surface area contributed by atoms with Crippen LogP contribution in [0.5, 0.6) is 0 Å². The van der Waals surface area contributed by atoms with Gasteiger partial charge in [0.2, 0.25) is 0 Å². The number of aromatic nitrogens is 2. The number of aliphatic imine (C=N–C) groups is 1. The van der Waals surface area contributed by atoms with Crippen LogP contribution in [0.15, 0.2) is 63.1 Å². The average Bonchev–Trinajstić information content (AvgIpc) is 2.78. The summed E-state index contributed by atoms with van der Waals surface area (Å²) in [7, 11) is 0. The summed E-state index contributed by atoms with van der Waals surface area (Å²) in [4.78, 5) is 39.9. The molecule has 2 heterocycles. The summed E-state index contributed by atoms with van der Waals surface area (Å²) >= 11 is 0. The lowest BCUT2D eigenvalue weighted by Gasteiger charge is -2.38. The van der Waals surface area contributed by atoms with Gasteiger partial charge in [0.15, 0.2) is 0 Å². The van der Waals surface area contributed by atoms with E-state index < -0.39 is 62.5 Å². The van der Waals surface area contributed by atoms with Gasteiger partial charge < -0.3 is 5.32 Å². The molecule has 0 bridgehead atoms. The van der Waals surface area contributed by atoms with Crippen LogP contribution in [0.25, 0.3) is 5.69 Å². The molecule has 1 aliphatic heterocycles. The molecule has 0 aliphatic carbocycles. The highest BCUT2D eigenvalue weighted by Crippen LogP contribution is 2.55. The number of H-pyrrole nitrogens is 1. The number of aromatic amines is 1. The van der Waals surface area contributed by atoms with E-state index in [1.807, 2.05) is 0 Å². The highest BCUT2D eigenvalue weighted by molar-refractivity contribution is 6.10. The molecule has 0 saturated heterocycles. The van der Waals surface area contributed by atoms with Crippen molar-refractivity contribution in [1.82, 2.24) is 9.55 Å². The van der Waals surface area contributed by atoms with Crippen molar-refractivity contribution in [1.29, 1.82) is 0 Å². The van der Waals surface area contributed by atoms with Crippen LogP contribution in [0, 0.1) is 17.0 Å². The first-order chi connectivity index (χ1) is 16.7. The lowest BCUT2D eigenvalue weighted by atomic mass is 9.87. The normalized spacial score (nSPS) is 15.0. The number of fused-ring (bicyclic) bond motifs is 1. The van der Waals surface area contributed by atoms with Crippen molar-refractivity contribution < 1.29 is 31.3 Å². The van der Waals surface area contributed by atoms with Crippen molar-refractivity contribution in [3.8, 4) is 5.69 Å². The number of nitrogens with one attached hydrogen (secondary N) is 2. The second kappa shape index (κ2) is 8.07. The van der Waals surface area contributed by atoms with Gasteiger partial charge in [-0.15, -0.1) is 0 Å². The Labute approximate surface area is 195 Å². The Morgan fingerprint density at radius 3 is 2.17 bits per heavy atom. The summed E-state index contributed by atoms with van der Waals surface area (Å²) in [5, 5.41) is 13.3.